The molecule has 0 radical (unpaired) electrons. The van der Waals surface area contributed by atoms with E-state index in [2.05, 4.69) is 63.7 Å². The first kappa shape index (κ1) is 13.4. The smallest absolute Gasteiger partial charge is 0.155 e. The number of halogens is 1. The SMILES string of the molecule is Cc1ccc([Si](C)(Cl)c2ccccc2)c(C)c1C. The predicted molar refractivity (Wildman–Crippen MR) is 83.8 cm³/mol. The molecule has 1 unspecified atom stereocenters. The van der Waals surface area contributed by atoms with Gasteiger partial charge >= 0.3 is 0 Å². The van der Waals surface area contributed by atoms with E-state index in [1.807, 2.05) is 6.07 Å². The summed E-state index contributed by atoms with van der Waals surface area (Å²) >= 11 is 6.96. The second-order valence-electron chi connectivity index (χ2n) is 5.05. The third kappa shape index (κ3) is 2.25. The molecule has 0 amide bonds. The van der Waals surface area contributed by atoms with E-state index in [1.54, 1.807) is 0 Å². The molecule has 18 heavy (non-hydrogen) atoms. The van der Waals surface area contributed by atoms with Gasteiger partial charge in [-0.1, -0.05) is 42.5 Å². The second-order valence-corrected chi connectivity index (χ2v) is 10.4. The van der Waals surface area contributed by atoms with Gasteiger partial charge in [0.2, 0.25) is 7.38 Å². The zero-order valence-electron chi connectivity index (χ0n) is 11.4. The summed E-state index contributed by atoms with van der Waals surface area (Å²) in [5.41, 5.74) is 4.05. The van der Waals surface area contributed by atoms with Gasteiger partial charge in [-0.25, -0.2) is 0 Å². The Balaban J connectivity index is 2.58. The Morgan fingerprint density at radius 1 is 0.833 bits per heavy atom. The van der Waals surface area contributed by atoms with Crippen LogP contribution in [-0.2, 0) is 0 Å². The van der Waals surface area contributed by atoms with E-state index in [0.717, 1.165) is 0 Å². The topological polar surface area (TPSA) is 0 Å². The van der Waals surface area contributed by atoms with Crippen molar-refractivity contribution in [3.63, 3.8) is 0 Å². The van der Waals surface area contributed by atoms with Crippen LogP contribution in [0.3, 0.4) is 0 Å². The molecule has 2 rings (SSSR count). The minimum absolute atomic E-state index is 1.28. The van der Waals surface area contributed by atoms with Gasteiger partial charge in [-0.15, -0.1) is 0 Å². The molecule has 2 aromatic rings. The van der Waals surface area contributed by atoms with E-state index in [9.17, 15) is 0 Å². The zero-order valence-corrected chi connectivity index (χ0v) is 13.2. The molecule has 0 saturated carbocycles. The van der Waals surface area contributed by atoms with Crippen LogP contribution in [0.25, 0.3) is 0 Å². The molecule has 0 aliphatic heterocycles. The summed E-state index contributed by atoms with van der Waals surface area (Å²) in [6, 6.07) is 14.9. The van der Waals surface area contributed by atoms with Crippen LogP contribution in [0.15, 0.2) is 42.5 Å². The molecular formula is C16H19ClSi. The number of aryl methyl sites for hydroxylation is 1. The zero-order chi connectivity index (χ0) is 13.3. The van der Waals surface area contributed by atoms with Crippen molar-refractivity contribution >= 4 is 28.8 Å². The van der Waals surface area contributed by atoms with Gasteiger partial charge in [-0.2, -0.15) is 11.1 Å². The molecular weight excluding hydrogens is 256 g/mol. The van der Waals surface area contributed by atoms with Gasteiger partial charge in [-0.05, 0) is 54.4 Å². The molecule has 0 fully saturated rings. The molecule has 0 saturated heterocycles. The van der Waals surface area contributed by atoms with Crippen molar-refractivity contribution in [2.24, 2.45) is 0 Å². The Morgan fingerprint density at radius 2 is 1.44 bits per heavy atom. The number of hydrogen-bond acceptors (Lipinski definition) is 0. The minimum atomic E-state index is -2.08. The highest BCUT2D eigenvalue weighted by atomic mass is 35.6. The van der Waals surface area contributed by atoms with Crippen LogP contribution in [0, 0.1) is 20.8 Å². The van der Waals surface area contributed by atoms with Crippen molar-refractivity contribution in [3.05, 3.63) is 59.2 Å². The standard InChI is InChI=1S/C16H19ClSi/c1-12-10-11-16(14(3)13(12)2)18(4,17)15-8-6-5-7-9-15/h5-11H,1-4H3. The van der Waals surface area contributed by atoms with Gasteiger partial charge in [0, 0.05) is 0 Å². The molecule has 0 aliphatic rings. The molecule has 2 heteroatoms. The number of rotatable bonds is 2. The highest BCUT2D eigenvalue weighted by Gasteiger charge is 2.31. The first-order chi connectivity index (χ1) is 8.44. The fourth-order valence-electron chi connectivity index (χ4n) is 2.37. The number of benzene rings is 2. The van der Waals surface area contributed by atoms with Crippen molar-refractivity contribution in [1.29, 1.82) is 0 Å². The Bertz CT molecular complexity index is 559. The summed E-state index contributed by atoms with van der Waals surface area (Å²) in [6.45, 7) is 8.73. The average molecular weight is 275 g/mol. The van der Waals surface area contributed by atoms with Crippen LogP contribution in [-0.4, -0.2) is 7.38 Å². The molecule has 0 spiro atoms. The third-order valence-electron chi connectivity index (χ3n) is 3.88. The lowest BCUT2D eigenvalue weighted by atomic mass is 10.1. The predicted octanol–water partition coefficient (Wildman–Crippen LogP) is 3.54. The minimum Gasteiger partial charge on any atom is -0.155 e. The highest BCUT2D eigenvalue weighted by Crippen LogP contribution is 2.17. The second kappa shape index (κ2) is 4.91. The van der Waals surface area contributed by atoms with Crippen LogP contribution in [0.1, 0.15) is 16.7 Å². The molecule has 0 aromatic heterocycles. The summed E-state index contributed by atoms with van der Waals surface area (Å²) in [5.74, 6) is 0. The summed E-state index contributed by atoms with van der Waals surface area (Å²) in [6.07, 6.45) is 0. The molecule has 2 aromatic carbocycles. The monoisotopic (exact) mass is 274 g/mol. The molecule has 0 N–H and O–H groups in total. The van der Waals surface area contributed by atoms with Gasteiger partial charge in [0.25, 0.3) is 0 Å². The van der Waals surface area contributed by atoms with Gasteiger partial charge in [0.05, 0.1) is 0 Å². The van der Waals surface area contributed by atoms with Gasteiger partial charge in [-0.3, -0.25) is 0 Å². The van der Waals surface area contributed by atoms with E-state index >= 15 is 0 Å². The van der Waals surface area contributed by atoms with E-state index in [4.69, 9.17) is 11.1 Å². The van der Waals surface area contributed by atoms with E-state index in [-0.39, 0.29) is 0 Å². The van der Waals surface area contributed by atoms with E-state index < -0.39 is 7.38 Å². The first-order valence-corrected chi connectivity index (χ1v) is 9.77. The van der Waals surface area contributed by atoms with Crippen molar-refractivity contribution in [1.82, 2.24) is 0 Å². The first-order valence-electron chi connectivity index (χ1n) is 6.26. The van der Waals surface area contributed by atoms with Crippen LogP contribution in [0.4, 0.5) is 0 Å². The molecule has 0 aliphatic carbocycles. The Kier molecular flexibility index (Phi) is 3.65. The molecule has 0 bridgehead atoms. The highest BCUT2D eigenvalue weighted by molar-refractivity contribution is 7.33. The lowest BCUT2D eigenvalue weighted by molar-refractivity contribution is 1.28. The average Bonchev–Trinajstić information content (AvgIpc) is 2.37. The third-order valence-corrected chi connectivity index (χ3v) is 8.12. The molecule has 1 atom stereocenters. The molecule has 0 nitrogen and oxygen atoms in total. The van der Waals surface area contributed by atoms with Crippen molar-refractivity contribution < 1.29 is 0 Å². The van der Waals surface area contributed by atoms with E-state index in [0.29, 0.717) is 0 Å². The fourth-order valence-corrected chi connectivity index (χ4v) is 5.78. The lowest BCUT2D eigenvalue weighted by Gasteiger charge is -2.24. The Labute approximate surface area is 115 Å². The normalized spacial score (nSPS) is 14.3. The lowest BCUT2D eigenvalue weighted by Crippen LogP contribution is -2.52. The summed E-state index contributed by atoms with van der Waals surface area (Å²) < 4.78 is 0. The van der Waals surface area contributed by atoms with Crippen molar-refractivity contribution in [2.75, 3.05) is 0 Å². The maximum absolute atomic E-state index is 6.96. The van der Waals surface area contributed by atoms with Crippen LogP contribution >= 0.6 is 11.1 Å². The quantitative estimate of drug-likeness (QED) is 0.580. The van der Waals surface area contributed by atoms with Crippen LogP contribution < -0.4 is 10.4 Å². The fraction of sp³-hybridized carbons (Fsp3) is 0.250. The van der Waals surface area contributed by atoms with Gasteiger partial charge < -0.3 is 0 Å². The van der Waals surface area contributed by atoms with Gasteiger partial charge in [0.1, 0.15) is 0 Å². The largest absolute Gasteiger partial charge is 0.214 e. The summed E-state index contributed by atoms with van der Waals surface area (Å²) in [5, 5.41) is 2.61. The van der Waals surface area contributed by atoms with E-state index in [1.165, 1.54) is 27.1 Å². The number of hydrogen-bond donors (Lipinski definition) is 0. The van der Waals surface area contributed by atoms with Crippen molar-refractivity contribution in [3.8, 4) is 0 Å². The Hall–Kier alpha value is -1.05. The van der Waals surface area contributed by atoms with Crippen LogP contribution in [0.5, 0.6) is 0 Å². The molecule has 94 valence electrons. The maximum Gasteiger partial charge on any atom is 0.214 e. The molecule has 0 heterocycles. The summed E-state index contributed by atoms with van der Waals surface area (Å²) in [7, 11) is -2.08. The van der Waals surface area contributed by atoms with Crippen molar-refractivity contribution in [2.45, 2.75) is 27.3 Å². The summed E-state index contributed by atoms with van der Waals surface area (Å²) in [4.78, 5) is 0. The Morgan fingerprint density at radius 3 is 2.06 bits per heavy atom. The van der Waals surface area contributed by atoms with Crippen LogP contribution in [0.2, 0.25) is 6.55 Å². The maximum atomic E-state index is 6.96. The van der Waals surface area contributed by atoms with Gasteiger partial charge in [0.15, 0.2) is 0 Å².